The van der Waals surface area contributed by atoms with E-state index in [0.717, 1.165) is 43.4 Å². The van der Waals surface area contributed by atoms with Crippen molar-refractivity contribution in [2.75, 3.05) is 20.6 Å². The van der Waals surface area contributed by atoms with Gasteiger partial charge in [0.2, 0.25) is 11.7 Å². The number of rotatable bonds is 10. The Kier molecular flexibility index (Phi) is 8.65. The summed E-state index contributed by atoms with van der Waals surface area (Å²) in [4.78, 5) is 32.0. The Morgan fingerprint density at radius 1 is 1.11 bits per heavy atom. The number of amides is 2. The maximum absolute atomic E-state index is 12.4. The first kappa shape index (κ1) is 25.1. The van der Waals surface area contributed by atoms with E-state index in [1.54, 1.807) is 0 Å². The standard InChI is InChI=1S/C26H33N5O3S/c1-31(2)21(15-10-18-7-4-3-5-8-18)19-11-13-20(14-12-19)28-23(32)17-27-25(33)26-29-24(30-34-26)22-9-6-16-35-22/h3-9,16,19-21H,10-15,17H2,1-2H3,(H,27,33)(H,28,32). The minimum absolute atomic E-state index is 0.118. The van der Waals surface area contributed by atoms with E-state index >= 15 is 0 Å². The van der Waals surface area contributed by atoms with Gasteiger partial charge in [0.1, 0.15) is 0 Å². The molecule has 2 amide bonds. The van der Waals surface area contributed by atoms with Gasteiger partial charge >= 0.3 is 11.8 Å². The summed E-state index contributed by atoms with van der Waals surface area (Å²) in [5, 5.41) is 11.4. The van der Waals surface area contributed by atoms with Crippen LogP contribution in [-0.2, 0) is 11.2 Å². The first-order valence-corrected chi connectivity index (χ1v) is 13.0. The summed E-state index contributed by atoms with van der Waals surface area (Å²) in [5.74, 6) is 0.0918. The van der Waals surface area contributed by atoms with E-state index in [4.69, 9.17) is 4.52 Å². The second kappa shape index (κ2) is 12.1. The monoisotopic (exact) mass is 495 g/mol. The molecule has 35 heavy (non-hydrogen) atoms. The summed E-state index contributed by atoms with van der Waals surface area (Å²) in [6.07, 6.45) is 6.29. The SMILES string of the molecule is CN(C)C(CCc1ccccc1)C1CCC(NC(=O)CNC(=O)c2nc(-c3cccs3)no2)CC1. The molecule has 1 unspecified atom stereocenters. The lowest BCUT2D eigenvalue weighted by Crippen LogP contribution is -2.45. The highest BCUT2D eigenvalue weighted by atomic mass is 32.1. The lowest BCUT2D eigenvalue weighted by atomic mass is 9.79. The smallest absolute Gasteiger partial charge is 0.316 e. The van der Waals surface area contributed by atoms with E-state index in [1.165, 1.54) is 16.9 Å². The maximum atomic E-state index is 12.4. The number of thiophene rings is 1. The molecule has 1 aromatic carbocycles. The zero-order chi connectivity index (χ0) is 24.6. The molecule has 0 radical (unpaired) electrons. The van der Waals surface area contributed by atoms with Gasteiger partial charge in [-0.15, -0.1) is 11.3 Å². The Hall–Kier alpha value is -3.04. The van der Waals surface area contributed by atoms with Gasteiger partial charge in [-0.3, -0.25) is 9.59 Å². The number of aromatic nitrogens is 2. The third-order valence-electron chi connectivity index (χ3n) is 6.69. The van der Waals surface area contributed by atoms with Crippen molar-refractivity contribution in [2.24, 2.45) is 5.92 Å². The third kappa shape index (κ3) is 6.99. The van der Waals surface area contributed by atoms with Crippen LogP contribution in [0.25, 0.3) is 10.7 Å². The molecule has 1 aliphatic rings. The Labute approximate surface area is 210 Å². The highest BCUT2D eigenvalue weighted by Crippen LogP contribution is 2.31. The number of carbonyl (C=O) groups is 2. The highest BCUT2D eigenvalue weighted by Gasteiger charge is 2.29. The van der Waals surface area contributed by atoms with Gasteiger partial charge in [0.05, 0.1) is 11.4 Å². The van der Waals surface area contributed by atoms with Crippen molar-refractivity contribution in [3.63, 3.8) is 0 Å². The van der Waals surface area contributed by atoms with E-state index in [9.17, 15) is 9.59 Å². The summed E-state index contributed by atoms with van der Waals surface area (Å²) in [5.41, 5.74) is 1.38. The maximum Gasteiger partial charge on any atom is 0.316 e. The molecule has 1 atom stereocenters. The molecule has 0 spiro atoms. The predicted octanol–water partition coefficient (Wildman–Crippen LogP) is 3.77. The Morgan fingerprint density at radius 3 is 2.57 bits per heavy atom. The average Bonchev–Trinajstić information content (AvgIpc) is 3.56. The quantitative estimate of drug-likeness (QED) is 0.444. The van der Waals surface area contributed by atoms with Crippen molar-refractivity contribution in [2.45, 2.75) is 50.6 Å². The third-order valence-corrected chi connectivity index (χ3v) is 7.55. The van der Waals surface area contributed by atoms with Gasteiger partial charge < -0.3 is 20.1 Å². The zero-order valence-corrected chi connectivity index (χ0v) is 21.1. The fourth-order valence-electron chi connectivity index (χ4n) is 4.86. The van der Waals surface area contributed by atoms with Crippen LogP contribution in [0.2, 0.25) is 0 Å². The zero-order valence-electron chi connectivity index (χ0n) is 20.3. The highest BCUT2D eigenvalue weighted by molar-refractivity contribution is 7.13. The van der Waals surface area contributed by atoms with Crippen LogP contribution in [-0.4, -0.2) is 59.6 Å². The summed E-state index contributed by atoms with van der Waals surface area (Å²) in [6, 6.07) is 15.0. The van der Waals surface area contributed by atoms with Crippen molar-refractivity contribution in [3.05, 3.63) is 59.3 Å². The van der Waals surface area contributed by atoms with Crippen LogP contribution in [0.5, 0.6) is 0 Å². The van der Waals surface area contributed by atoms with Crippen molar-refractivity contribution in [1.82, 2.24) is 25.7 Å². The van der Waals surface area contributed by atoms with Crippen LogP contribution in [0, 0.1) is 5.92 Å². The molecule has 3 aromatic rings. The molecule has 8 nitrogen and oxygen atoms in total. The second-order valence-corrected chi connectivity index (χ2v) is 10.3. The van der Waals surface area contributed by atoms with Gasteiger partial charge in [-0.05, 0) is 75.5 Å². The van der Waals surface area contributed by atoms with Crippen LogP contribution < -0.4 is 10.6 Å². The van der Waals surface area contributed by atoms with Crippen molar-refractivity contribution in [1.29, 1.82) is 0 Å². The van der Waals surface area contributed by atoms with Gasteiger partial charge in [-0.2, -0.15) is 4.98 Å². The number of benzene rings is 1. The van der Waals surface area contributed by atoms with E-state index in [-0.39, 0.29) is 24.4 Å². The first-order chi connectivity index (χ1) is 17.0. The first-order valence-electron chi connectivity index (χ1n) is 12.1. The molecule has 0 bridgehead atoms. The molecule has 2 aromatic heterocycles. The van der Waals surface area contributed by atoms with Crippen LogP contribution in [0.4, 0.5) is 0 Å². The van der Waals surface area contributed by atoms with Gasteiger partial charge in [0.25, 0.3) is 0 Å². The van der Waals surface area contributed by atoms with Gasteiger partial charge in [0.15, 0.2) is 0 Å². The lowest BCUT2D eigenvalue weighted by Gasteiger charge is -2.37. The van der Waals surface area contributed by atoms with E-state index in [0.29, 0.717) is 17.8 Å². The summed E-state index contributed by atoms with van der Waals surface area (Å²) in [7, 11) is 4.33. The minimum atomic E-state index is -0.550. The van der Waals surface area contributed by atoms with E-state index in [1.807, 2.05) is 17.5 Å². The Balaban J connectivity index is 1.19. The summed E-state index contributed by atoms with van der Waals surface area (Å²) in [6.45, 7) is -0.118. The second-order valence-electron chi connectivity index (χ2n) is 9.32. The van der Waals surface area contributed by atoms with Crippen LogP contribution in [0.3, 0.4) is 0 Å². The molecule has 2 heterocycles. The molecule has 0 aliphatic heterocycles. The number of nitrogens with one attached hydrogen (secondary N) is 2. The molecule has 2 N–H and O–H groups in total. The lowest BCUT2D eigenvalue weighted by molar-refractivity contribution is -0.121. The number of nitrogens with zero attached hydrogens (tertiary/aromatic N) is 3. The van der Waals surface area contributed by atoms with Crippen LogP contribution in [0.1, 0.15) is 48.4 Å². The molecule has 1 aliphatic carbocycles. The topological polar surface area (TPSA) is 100 Å². The molecule has 1 fully saturated rings. The molecule has 0 saturated heterocycles. The molecule has 186 valence electrons. The molecular weight excluding hydrogens is 462 g/mol. The molecule has 4 rings (SSSR count). The molecular formula is C26H33N5O3S. The predicted molar refractivity (Wildman–Crippen MR) is 136 cm³/mol. The average molecular weight is 496 g/mol. The van der Waals surface area contributed by atoms with Crippen molar-refractivity contribution >= 4 is 23.2 Å². The van der Waals surface area contributed by atoms with Crippen molar-refractivity contribution < 1.29 is 14.1 Å². The van der Waals surface area contributed by atoms with Gasteiger partial charge in [0, 0.05) is 12.1 Å². The van der Waals surface area contributed by atoms with Crippen LogP contribution >= 0.6 is 11.3 Å². The number of hydrogen-bond donors (Lipinski definition) is 2. The van der Waals surface area contributed by atoms with E-state index < -0.39 is 5.91 Å². The normalized spacial score (nSPS) is 18.8. The summed E-state index contributed by atoms with van der Waals surface area (Å²) >= 11 is 1.46. The minimum Gasteiger partial charge on any atom is -0.352 e. The van der Waals surface area contributed by atoms with Gasteiger partial charge in [-0.1, -0.05) is 41.6 Å². The van der Waals surface area contributed by atoms with Crippen molar-refractivity contribution in [3.8, 4) is 10.7 Å². The largest absolute Gasteiger partial charge is 0.352 e. The molecule has 9 heteroatoms. The Bertz CT molecular complexity index is 1080. The fraction of sp³-hybridized carbons (Fsp3) is 0.462. The number of hydrogen-bond acceptors (Lipinski definition) is 7. The number of aryl methyl sites for hydroxylation is 1. The van der Waals surface area contributed by atoms with E-state index in [2.05, 4.69) is 70.1 Å². The van der Waals surface area contributed by atoms with Gasteiger partial charge in [-0.25, -0.2) is 0 Å². The molecule has 1 saturated carbocycles. The van der Waals surface area contributed by atoms with Crippen LogP contribution in [0.15, 0.2) is 52.4 Å². The number of carbonyl (C=O) groups excluding carboxylic acids is 2. The summed E-state index contributed by atoms with van der Waals surface area (Å²) < 4.78 is 5.03. The Morgan fingerprint density at radius 2 is 1.89 bits per heavy atom. The fourth-order valence-corrected chi connectivity index (χ4v) is 5.51.